The van der Waals surface area contributed by atoms with Crippen LogP contribution < -0.4 is 5.32 Å². The molecule has 138 valence electrons. The average Bonchev–Trinajstić information content (AvgIpc) is 2.97. The third-order valence-electron chi connectivity index (χ3n) is 8.50. The topological polar surface area (TPSA) is 52.5 Å². The summed E-state index contributed by atoms with van der Waals surface area (Å²) in [5, 5.41) is 22.6. The van der Waals surface area contributed by atoms with Crippen LogP contribution in [0.15, 0.2) is 0 Å². The lowest BCUT2D eigenvalue weighted by molar-refractivity contribution is 0.0236. The summed E-state index contributed by atoms with van der Waals surface area (Å²) in [6.45, 7) is 2.94. The predicted octanol–water partition coefficient (Wildman–Crippen LogP) is 3.20. The Morgan fingerprint density at radius 1 is 0.750 bits per heavy atom. The van der Waals surface area contributed by atoms with Gasteiger partial charge in [-0.3, -0.25) is 0 Å². The second-order valence-corrected chi connectivity index (χ2v) is 9.71. The minimum Gasteiger partial charge on any atom is -0.394 e. The number of nitrogens with one attached hydrogen (secondary N) is 1. The Kier molecular flexibility index (Phi) is 4.96. The van der Waals surface area contributed by atoms with E-state index in [1.54, 1.807) is 0 Å². The Balaban J connectivity index is 1.47. The van der Waals surface area contributed by atoms with E-state index in [4.69, 9.17) is 0 Å². The van der Waals surface area contributed by atoms with Crippen molar-refractivity contribution in [3.05, 3.63) is 0 Å². The van der Waals surface area contributed by atoms with E-state index in [9.17, 15) is 10.2 Å². The van der Waals surface area contributed by atoms with Gasteiger partial charge in [0.05, 0.1) is 18.8 Å². The molecule has 0 radical (unpaired) electrons. The molecule has 0 spiro atoms. The van der Waals surface area contributed by atoms with Gasteiger partial charge in [0, 0.05) is 0 Å². The molecule has 0 aliphatic heterocycles. The number of fused-ring (bicyclic) bond motifs is 3. The van der Waals surface area contributed by atoms with Gasteiger partial charge in [0.1, 0.15) is 0 Å². The molecule has 24 heavy (non-hydrogen) atoms. The summed E-state index contributed by atoms with van der Waals surface area (Å²) in [7, 11) is 0. The summed E-state index contributed by atoms with van der Waals surface area (Å²) < 4.78 is 0. The molecule has 0 amide bonds. The molecule has 4 saturated carbocycles. The van der Waals surface area contributed by atoms with Crippen molar-refractivity contribution in [2.45, 2.75) is 70.3 Å². The van der Waals surface area contributed by atoms with Gasteiger partial charge in [-0.05, 0) is 93.4 Å². The maximum absolute atomic E-state index is 9.56. The van der Waals surface area contributed by atoms with E-state index in [1.807, 2.05) is 6.92 Å². The fourth-order valence-electron chi connectivity index (χ4n) is 7.33. The Morgan fingerprint density at radius 2 is 1.33 bits per heavy atom. The molecule has 0 saturated heterocycles. The number of aliphatic hydroxyl groups is 2. The van der Waals surface area contributed by atoms with Crippen LogP contribution in [-0.2, 0) is 0 Å². The Morgan fingerprint density at radius 3 is 2.00 bits per heavy atom. The van der Waals surface area contributed by atoms with Crippen LogP contribution in [0.5, 0.6) is 0 Å². The summed E-state index contributed by atoms with van der Waals surface area (Å²) in [4.78, 5) is 0. The first kappa shape index (κ1) is 17.3. The molecule has 3 nitrogen and oxygen atoms in total. The summed E-state index contributed by atoms with van der Waals surface area (Å²) >= 11 is 0. The number of hydrogen-bond donors (Lipinski definition) is 3. The van der Waals surface area contributed by atoms with Crippen molar-refractivity contribution in [1.82, 2.24) is 5.32 Å². The Labute approximate surface area is 147 Å². The molecule has 4 aliphatic rings. The highest BCUT2D eigenvalue weighted by Crippen LogP contribution is 2.63. The van der Waals surface area contributed by atoms with Gasteiger partial charge in [0.25, 0.3) is 0 Å². The van der Waals surface area contributed by atoms with Gasteiger partial charge in [0.15, 0.2) is 0 Å². The molecule has 0 aromatic carbocycles. The molecule has 7 unspecified atom stereocenters. The lowest BCUT2D eigenvalue weighted by Gasteiger charge is -2.47. The molecular weight excluding hydrogens is 298 g/mol. The fourth-order valence-corrected chi connectivity index (χ4v) is 7.33. The Hall–Kier alpha value is -0.120. The van der Waals surface area contributed by atoms with Gasteiger partial charge in [-0.25, -0.2) is 0 Å². The molecule has 0 heterocycles. The quantitative estimate of drug-likeness (QED) is 0.723. The largest absolute Gasteiger partial charge is 0.394 e. The molecule has 7 atom stereocenters. The van der Waals surface area contributed by atoms with Crippen molar-refractivity contribution < 1.29 is 10.2 Å². The molecule has 4 rings (SSSR count). The second-order valence-electron chi connectivity index (χ2n) is 9.71. The van der Waals surface area contributed by atoms with Crippen LogP contribution in [0.2, 0.25) is 0 Å². The van der Waals surface area contributed by atoms with E-state index in [0.29, 0.717) is 0 Å². The summed E-state index contributed by atoms with van der Waals surface area (Å²) in [5.74, 6) is 6.84. The smallest absolute Gasteiger partial charge is 0.0633 e. The van der Waals surface area contributed by atoms with Gasteiger partial charge in [-0.2, -0.15) is 0 Å². The van der Waals surface area contributed by atoms with Crippen LogP contribution in [0.3, 0.4) is 0 Å². The van der Waals surface area contributed by atoms with Crippen molar-refractivity contribution >= 4 is 0 Å². The second kappa shape index (κ2) is 6.89. The van der Waals surface area contributed by atoms with Gasteiger partial charge < -0.3 is 15.5 Å². The van der Waals surface area contributed by atoms with E-state index in [2.05, 4.69) is 5.32 Å². The first-order chi connectivity index (χ1) is 11.7. The number of aliphatic hydroxyl groups excluding tert-OH is 2. The fraction of sp³-hybridized carbons (Fsp3) is 1.00. The zero-order valence-electron chi connectivity index (χ0n) is 15.4. The normalized spacial score (nSPS) is 44.9. The first-order valence-corrected chi connectivity index (χ1v) is 10.6. The standard InChI is InChI=1S/C21H37NO2/c1-21(12-23,13-24)22-11-14-9-10-19-17-6-3-2-5-16(17)18-8-4-7-15(14)20(18)19/h14-20,22-24H,2-13H2,1H3. The molecule has 0 aromatic heterocycles. The van der Waals surface area contributed by atoms with Crippen LogP contribution in [-0.4, -0.2) is 35.5 Å². The molecule has 4 aliphatic carbocycles. The minimum absolute atomic E-state index is 0.0136. The zero-order chi connectivity index (χ0) is 16.7. The van der Waals surface area contributed by atoms with E-state index >= 15 is 0 Å². The van der Waals surface area contributed by atoms with Crippen molar-refractivity contribution in [2.75, 3.05) is 19.8 Å². The molecule has 0 bridgehead atoms. The molecule has 3 heteroatoms. The van der Waals surface area contributed by atoms with Crippen molar-refractivity contribution in [3.8, 4) is 0 Å². The third kappa shape index (κ3) is 2.85. The highest BCUT2D eigenvalue weighted by atomic mass is 16.3. The van der Waals surface area contributed by atoms with Crippen LogP contribution in [0, 0.1) is 41.4 Å². The van der Waals surface area contributed by atoms with Crippen LogP contribution in [0.1, 0.15) is 64.7 Å². The average molecular weight is 336 g/mol. The van der Waals surface area contributed by atoms with Crippen molar-refractivity contribution in [3.63, 3.8) is 0 Å². The van der Waals surface area contributed by atoms with E-state index < -0.39 is 5.54 Å². The predicted molar refractivity (Wildman–Crippen MR) is 96.6 cm³/mol. The van der Waals surface area contributed by atoms with Crippen LogP contribution >= 0.6 is 0 Å². The van der Waals surface area contributed by atoms with Gasteiger partial charge in [-0.1, -0.05) is 19.3 Å². The molecule has 3 N–H and O–H groups in total. The Bertz CT molecular complexity index is 422. The zero-order valence-corrected chi connectivity index (χ0v) is 15.4. The number of rotatable bonds is 5. The maximum Gasteiger partial charge on any atom is 0.0633 e. The van der Waals surface area contributed by atoms with Crippen molar-refractivity contribution in [2.24, 2.45) is 41.4 Å². The van der Waals surface area contributed by atoms with Gasteiger partial charge >= 0.3 is 0 Å². The van der Waals surface area contributed by atoms with Crippen molar-refractivity contribution in [1.29, 1.82) is 0 Å². The van der Waals surface area contributed by atoms with Gasteiger partial charge in [0.2, 0.25) is 0 Å². The number of hydrogen-bond acceptors (Lipinski definition) is 3. The minimum atomic E-state index is -0.519. The first-order valence-electron chi connectivity index (χ1n) is 10.6. The lowest BCUT2D eigenvalue weighted by Crippen LogP contribution is -2.52. The monoisotopic (exact) mass is 335 g/mol. The molecule has 0 aromatic rings. The summed E-state index contributed by atoms with van der Waals surface area (Å²) in [6.07, 6.45) is 13.2. The van der Waals surface area contributed by atoms with E-state index in [1.165, 1.54) is 57.8 Å². The van der Waals surface area contributed by atoms with Crippen LogP contribution in [0.25, 0.3) is 0 Å². The summed E-state index contributed by atoms with van der Waals surface area (Å²) in [5.41, 5.74) is -0.519. The van der Waals surface area contributed by atoms with E-state index in [0.717, 1.165) is 48.0 Å². The van der Waals surface area contributed by atoms with Gasteiger partial charge in [-0.15, -0.1) is 0 Å². The molecule has 4 fully saturated rings. The maximum atomic E-state index is 9.56. The SMILES string of the molecule is CC(CO)(CO)NCC1CCC2C3CCCCC3C3CCCC1C32. The highest BCUT2D eigenvalue weighted by molar-refractivity contribution is 5.05. The van der Waals surface area contributed by atoms with E-state index in [-0.39, 0.29) is 13.2 Å². The van der Waals surface area contributed by atoms with Crippen LogP contribution in [0.4, 0.5) is 0 Å². The molecular formula is C21H37NO2. The highest BCUT2D eigenvalue weighted by Gasteiger charge is 2.56. The third-order valence-corrected chi connectivity index (χ3v) is 8.50. The summed E-state index contributed by atoms with van der Waals surface area (Å²) in [6, 6.07) is 0. The lowest BCUT2D eigenvalue weighted by atomic mass is 9.59.